The Hall–Kier alpha value is -3.31. The van der Waals surface area contributed by atoms with Crippen LogP contribution in [0.2, 0.25) is 5.02 Å². The van der Waals surface area contributed by atoms with Crippen LogP contribution in [0.3, 0.4) is 0 Å². The number of halogens is 3. The molecule has 2 aromatic heterocycles. The smallest absolute Gasteiger partial charge is 0.407 e. The largest absolute Gasteiger partial charge is 0.444 e. The van der Waals surface area contributed by atoms with Gasteiger partial charge in [-0.2, -0.15) is 13.9 Å². The van der Waals surface area contributed by atoms with Crippen molar-refractivity contribution in [2.24, 2.45) is 4.99 Å². The average Bonchev–Trinajstić information content (AvgIpc) is 3.57. The van der Waals surface area contributed by atoms with Crippen molar-refractivity contribution in [2.45, 2.75) is 58.3 Å². The number of carbonyl (C=O) groups excluding carboxylic acids is 1. The number of rotatable bonds is 5. The van der Waals surface area contributed by atoms with Gasteiger partial charge in [-0.15, -0.1) is 11.3 Å². The van der Waals surface area contributed by atoms with E-state index >= 15 is 0 Å². The molecule has 1 amide bonds. The Bertz CT molecular complexity index is 1410. The van der Waals surface area contributed by atoms with Crippen molar-refractivity contribution in [2.75, 3.05) is 6.54 Å². The van der Waals surface area contributed by atoms with Crippen molar-refractivity contribution >= 4 is 40.4 Å². The van der Waals surface area contributed by atoms with Crippen LogP contribution in [0.15, 0.2) is 52.9 Å². The van der Waals surface area contributed by atoms with E-state index < -0.39 is 24.3 Å². The van der Waals surface area contributed by atoms with E-state index in [1.807, 2.05) is 35.4 Å². The van der Waals surface area contributed by atoms with E-state index in [9.17, 15) is 13.6 Å². The van der Waals surface area contributed by atoms with Gasteiger partial charge in [-0.05, 0) is 44.9 Å². The predicted octanol–water partition coefficient (Wildman–Crippen LogP) is 6.21. The summed E-state index contributed by atoms with van der Waals surface area (Å²) in [5, 5.41) is 9.92. The number of hydrogen-bond acceptors (Lipinski definition) is 7. The fraction of sp³-hybridized carbons (Fsp3) is 0.385. The summed E-state index contributed by atoms with van der Waals surface area (Å²) in [5.74, 6) is 0.634. The summed E-state index contributed by atoms with van der Waals surface area (Å²) in [5.41, 5.74) is 3.12. The summed E-state index contributed by atoms with van der Waals surface area (Å²) in [6, 6.07) is 4.80. The highest BCUT2D eigenvalue weighted by Gasteiger charge is 2.41. The predicted molar refractivity (Wildman–Crippen MR) is 142 cm³/mol. The first-order valence-corrected chi connectivity index (χ1v) is 13.3. The molecule has 1 unspecified atom stereocenters. The molecule has 2 aliphatic rings. The number of amidine groups is 1. The first-order chi connectivity index (χ1) is 18.0. The molecule has 2 atom stereocenters. The van der Waals surface area contributed by atoms with Crippen molar-refractivity contribution in [3.63, 3.8) is 0 Å². The zero-order chi connectivity index (χ0) is 27.2. The number of thiazole rings is 1. The molecule has 38 heavy (non-hydrogen) atoms. The van der Waals surface area contributed by atoms with Crippen molar-refractivity contribution in [1.82, 2.24) is 25.0 Å². The molecule has 0 saturated carbocycles. The van der Waals surface area contributed by atoms with Crippen LogP contribution in [0.25, 0.3) is 5.57 Å². The molecule has 0 aliphatic carbocycles. The van der Waals surface area contributed by atoms with E-state index in [2.05, 4.69) is 15.4 Å². The second kappa shape index (κ2) is 10.1. The van der Waals surface area contributed by atoms with Gasteiger partial charge in [-0.25, -0.2) is 14.5 Å². The molecule has 1 saturated heterocycles. The van der Waals surface area contributed by atoms with E-state index in [0.717, 1.165) is 16.8 Å². The zero-order valence-electron chi connectivity index (χ0n) is 21.3. The average molecular weight is 561 g/mol. The SMILES string of the molecule is Cc1ccc([C@@H]2N=C(c3nccs3)N3CC(NC(=O)OC(C)(C)C)CC3=C2c2cnn(C(F)F)c2)c(Cl)c1. The summed E-state index contributed by atoms with van der Waals surface area (Å²) in [7, 11) is 0. The molecule has 1 N–H and O–H groups in total. The van der Waals surface area contributed by atoms with Crippen LogP contribution in [0.5, 0.6) is 0 Å². The molecule has 8 nitrogen and oxygen atoms in total. The van der Waals surface area contributed by atoms with Gasteiger partial charge < -0.3 is 15.0 Å². The third-order valence-corrected chi connectivity index (χ3v) is 7.26. The number of amides is 1. The number of aromatic nitrogens is 3. The monoisotopic (exact) mass is 560 g/mol. The van der Waals surface area contributed by atoms with E-state index in [4.69, 9.17) is 21.3 Å². The van der Waals surface area contributed by atoms with Gasteiger partial charge in [0.1, 0.15) is 11.6 Å². The number of nitrogens with one attached hydrogen (secondary N) is 1. The Labute approximate surface area is 228 Å². The third kappa shape index (κ3) is 5.30. The lowest BCUT2D eigenvalue weighted by molar-refractivity contribution is 0.0506. The van der Waals surface area contributed by atoms with Gasteiger partial charge in [0.15, 0.2) is 10.8 Å². The van der Waals surface area contributed by atoms with Gasteiger partial charge in [0, 0.05) is 52.6 Å². The molecule has 0 radical (unpaired) electrons. The first-order valence-electron chi connectivity index (χ1n) is 12.1. The van der Waals surface area contributed by atoms with Crippen LogP contribution >= 0.6 is 22.9 Å². The maximum atomic E-state index is 13.5. The number of benzene rings is 1. The highest BCUT2D eigenvalue weighted by Crippen LogP contribution is 2.46. The fourth-order valence-corrected chi connectivity index (χ4v) is 5.66. The molecular weight excluding hydrogens is 534 g/mol. The number of aryl methyl sites for hydroxylation is 1. The molecule has 0 spiro atoms. The highest BCUT2D eigenvalue weighted by atomic mass is 35.5. The topological polar surface area (TPSA) is 84.6 Å². The Morgan fingerprint density at radius 2 is 2.11 bits per heavy atom. The quantitative estimate of drug-likeness (QED) is 0.401. The molecule has 5 rings (SSSR count). The van der Waals surface area contributed by atoms with Crippen molar-refractivity contribution in [3.8, 4) is 0 Å². The minimum atomic E-state index is -2.78. The molecule has 200 valence electrons. The van der Waals surface area contributed by atoms with Crippen LogP contribution in [-0.2, 0) is 4.74 Å². The third-order valence-electron chi connectivity index (χ3n) is 6.17. The number of alkyl carbamates (subject to hydrolysis) is 1. The Morgan fingerprint density at radius 3 is 2.74 bits per heavy atom. The Morgan fingerprint density at radius 1 is 1.32 bits per heavy atom. The first kappa shape index (κ1) is 26.3. The maximum Gasteiger partial charge on any atom is 0.407 e. The van der Waals surface area contributed by atoms with Gasteiger partial charge in [0.2, 0.25) is 0 Å². The van der Waals surface area contributed by atoms with Crippen LogP contribution in [0.1, 0.15) is 61.5 Å². The minimum absolute atomic E-state index is 0.308. The van der Waals surface area contributed by atoms with Gasteiger partial charge in [-0.3, -0.25) is 4.99 Å². The number of fused-ring (bicyclic) bond motifs is 1. The molecule has 1 fully saturated rings. The molecular formula is C26H27ClF2N6O2S. The normalized spacial score (nSPS) is 19.6. The summed E-state index contributed by atoms with van der Waals surface area (Å²) >= 11 is 8.16. The van der Waals surface area contributed by atoms with Crippen molar-refractivity contribution in [1.29, 1.82) is 0 Å². The lowest BCUT2D eigenvalue weighted by Gasteiger charge is -2.32. The molecule has 12 heteroatoms. The number of nitrogens with zero attached hydrogens (tertiary/aromatic N) is 5. The second-order valence-corrected chi connectivity index (χ2v) is 11.5. The van der Waals surface area contributed by atoms with Gasteiger partial charge in [0.25, 0.3) is 0 Å². The van der Waals surface area contributed by atoms with Gasteiger partial charge in [0.05, 0.1) is 12.2 Å². The van der Waals surface area contributed by atoms with Crippen LogP contribution in [0.4, 0.5) is 13.6 Å². The number of carbonyl (C=O) groups is 1. The summed E-state index contributed by atoms with van der Waals surface area (Å²) < 4.78 is 33.1. The molecule has 1 aromatic carbocycles. The second-order valence-electron chi connectivity index (χ2n) is 10.2. The highest BCUT2D eigenvalue weighted by molar-refractivity contribution is 7.11. The summed E-state index contributed by atoms with van der Waals surface area (Å²) in [6.07, 6.45) is 4.34. The zero-order valence-corrected chi connectivity index (χ0v) is 22.9. The Kier molecular flexibility index (Phi) is 6.99. The van der Waals surface area contributed by atoms with E-state index in [1.54, 1.807) is 27.0 Å². The molecule has 4 heterocycles. The van der Waals surface area contributed by atoms with Gasteiger partial charge in [-0.1, -0.05) is 23.7 Å². The minimum Gasteiger partial charge on any atom is -0.444 e. The Balaban J connectivity index is 1.64. The number of hydrogen-bond donors (Lipinski definition) is 1. The van der Waals surface area contributed by atoms with Crippen LogP contribution in [-0.4, -0.2) is 49.8 Å². The van der Waals surface area contributed by atoms with E-state index in [-0.39, 0.29) is 6.04 Å². The molecule has 0 bridgehead atoms. The van der Waals surface area contributed by atoms with Crippen molar-refractivity contribution < 1.29 is 18.3 Å². The maximum absolute atomic E-state index is 13.5. The molecule has 3 aromatic rings. The van der Waals surface area contributed by atoms with Crippen LogP contribution < -0.4 is 5.32 Å². The van der Waals surface area contributed by atoms with Gasteiger partial charge >= 0.3 is 12.6 Å². The number of alkyl halides is 2. The van der Waals surface area contributed by atoms with E-state index in [0.29, 0.717) is 44.6 Å². The lowest BCUT2D eigenvalue weighted by atomic mass is 9.90. The van der Waals surface area contributed by atoms with Crippen LogP contribution in [0, 0.1) is 6.92 Å². The van der Waals surface area contributed by atoms with E-state index in [1.165, 1.54) is 23.7 Å². The fourth-order valence-electron chi connectivity index (χ4n) is 4.69. The van der Waals surface area contributed by atoms with Crippen molar-refractivity contribution in [3.05, 3.63) is 74.6 Å². The molecule has 2 aliphatic heterocycles. The standard InChI is InChI=1S/C26H27ClF2N6O2S/c1-14-5-6-17(18(27)9-14)21-20(15-11-31-35(12-15)24(28)29)19-10-16(32-25(36)37-26(2,3)4)13-34(19)22(33-21)23-30-7-8-38-23/h5-9,11-12,16,21,24H,10,13H2,1-4H3,(H,32,36)/t16?,21-/m0/s1. The lowest BCUT2D eigenvalue weighted by Crippen LogP contribution is -2.41. The summed E-state index contributed by atoms with van der Waals surface area (Å²) in [4.78, 5) is 24.2. The number of ether oxygens (including phenoxy) is 1. The summed E-state index contributed by atoms with van der Waals surface area (Å²) in [6.45, 7) is 4.97. The number of aliphatic imine (C=N–C) groups is 1.